The standard InChI is InChI=1S/C15H29N5O/c1-5-19-7-6-18(8-11(19)2)9-14(21)10-20-13(4)15(16)12(3)17-20/h11,14,21H,5-10,16H2,1-4H3. The molecule has 1 aliphatic rings. The van der Waals surface area contributed by atoms with Crippen molar-refractivity contribution in [2.24, 2.45) is 0 Å². The molecule has 1 aliphatic heterocycles. The van der Waals surface area contributed by atoms with Crippen molar-refractivity contribution in [3.63, 3.8) is 0 Å². The van der Waals surface area contributed by atoms with Crippen molar-refractivity contribution in [2.75, 3.05) is 38.5 Å². The number of nitrogens with zero attached hydrogens (tertiary/aromatic N) is 4. The highest BCUT2D eigenvalue weighted by Crippen LogP contribution is 2.15. The van der Waals surface area contributed by atoms with Crippen LogP contribution in [0.5, 0.6) is 0 Å². The third-order valence-electron chi connectivity index (χ3n) is 4.55. The molecule has 2 atom stereocenters. The Labute approximate surface area is 127 Å². The summed E-state index contributed by atoms with van der Waals surface area (Å²) in [5.74, 6) is 0. The van der Waals surface area contributed by atoms with Gasteiger partial charge in [0.1, 0.15) is 0 Å². The monoisotopic (exact) mass is 295 g/mol. The zero-order valence-corrected chi connectivity index (χ0v) is 13.7. The minimum Gasteiger partial charge on any atom is -0.396 e. The summed E-state index contributed by atoms with van der Waals surface area (Å²) in [7, 11) is 0. The number of nitrogens with two attached hydrogens (primary N) is 1. The Morgan fingerprint density at radius 3 is 2.57 bits per heavy atom. The van der Waals surface area contributed by atoms with Crippen molar-refractivity contribution < 1.29 is 5.11 Å². The molecule has 6 nitrogen and oxygen atoms in total. The molecule has 0 bridgehead atoms. The van der Waals surface area contributed by atoms with Crippen LogP contribution in [0.2, 0.25) is 0 Å². The Bertz CT molecular complexity index is 473. The molecule has 1 saturated heterocycles. The van der Waals surface area contributed by atoms with Gasteiger partial charge < -0.3 is 10.8 Å². The molecule has 2 rings (SSSR count). The second-order valence-corrected chi connectivity index (χ2v) is 6.16. The van der Waals surface area contributed by atoms with Gasteiger partial charge in [0.05, 0.1) is 29.7 Å². The van der Waals surface area contributed by atoms with Gasteiger partial charge in [0.15, 0.2) is 0 Å². The average molecular weight is 295 g/mol. The van der Waals surface area contributed by atoms with Crippen LogP contribution in [-0.4, -0.2) is 69.6 Å². The molecule has 3 N–H and O–H groups in total. The number of aliphatic hydroxyl groups excluding tert-OH is 1. The predicted octanol–water partition coefficient (Wildman–Crippen LogP) is 0.469. The van der Waals surface area contributed by atoms with E-state index in [1.807, 2.05) is 18.5 Å². The van der Waals surface area contributed by atoms with Crippen LogP contribution in [0.15, 0.2) is 0 Å². The molecule has 120 valence electrons. The van der Waals surface area contributed by atoms with Crippen molar-refractivity contribution in [1.29, 1.82) is 0 Å². The molecule has 21 heavy (non-hydrogen) atoms. The summed E-state index contributed by atoms with van der Waals surface area (Å²) in [6, 6.07) is 0.556. The van der Waals surface area contributed by atoms with Crippen LogP contribution >= 0.6 is 0 Å². The fourth-order valence-electron chi connectivity index (χ4n) is 3.15. The molecule has 2 heterocycles. The minimum atomic E-state index is -0.414. The lowest BCUT2D eigenvalue weighted by atomic mass is 10.1. The van der Waals surface area contributed by atoms with E-state index in [9.17, 15) is 5.11 Å². The first-order chi connectivity index (χ1) is 9.92. The van der Waals surface area contributed by atoms with E-state index in [4.69, 9.17) is 5.73 Å². The van der Waals surface area contributed by atoms with Crippen molar-refractivity contribution in [2.45, 2.75) is 46.4 Å². The number of likely N-dealkylation sites (N-methyl/N-ethyl adjacent to an activating group) is 1. The van der Waals surface area contributed by atoms with Gasteiger partial charge in [0.2, 0.25) is 0 Å². The number of hydrogen-bond acceptors (Lipinski definition) is 5. The quantitative estimate of drug-likeness (QED) is 0.826. The fraction of sp³-hybridized carbons (Fsp3) is 0.800. The van der Waals surface area contributed by atoms with Gasteiger partial charge in [-0.15, -0.1) is 0 Å². The van der Waals surface area contributed by atoms with Gasteiger partial charge in [0.25, 0.3) is 0 Å². The van der Waals surface area contributed by atoms with Gasteiger partial charge in [-0.3, -0.25) is 14.5 Å². The molecule has 2 unspecified atom stereocenters. The maximum Gasteiger partial charge on any atom is 0.0862 e. The van der Waals surface area contributed by atoms with Gasteiger partial charge in [-0.2, -0.15) is 5.10 Å². The van der Waals surface area contributed by atoms with Crippen molar-refractivity contribution in [3.05, 3.63) is 11.4 Å². The molecule has 0 radical (unpaired) electrons. The zero-order valence-electron chi connectivity index (χ0n) is 13.7. The van der Waals surface area contributed by atoms with Gasteiger partial charge in [0, 0.05) is 32.2 Å². The normalized spacial score (nSPS) is 22.6. The fourth-order valence-corrected chi connectivity index (χ4v) is 3.15. The first kappa shape index (κ1) is 16.3. The molecular formula is C15H29N5O. The summed E-state index contributed by atoms with van der Waals surface area (Å²) >= 11 is 0. The summed E-state index contributed by atoms with van der Waals surface area (Å²) in [6.45, 7) is 13.7. The van der Waals surface area contributed by atoms with Crippen LogP contribution in [-0.2, 0) is 6.54 Å². The number of hydrogen-bond donors (Lipinski definition) is 2. The third-order valence-corrected chi connectivity index (χ3v) is 4.55. The molecule has 0 spiro atoms. The molecule has 1 aromatic heterocycles. The Kier molecular flexibility index (Phi) is 5.24. The molecule has 1 aromatic rings. The topological polar surface area (TPSA) is 70.5 Å². The maximum atomic E-state index is 10.3. The second kappa shape index (κ2) is 6.77. The Morgan fingerprint density at radius 2 is 2.05 bits per heavy atom. The Hall–Kier alpha value is -1.11. The summed E-state index contributed by atoms with van der Waals surface area (Å²) in [6.07, 6.45) is -0.414. The van der Waals surface area contributed by atoms with Crippen molar-refractivity contribution in [1.82, 2.24) is 19.6 Å². The smallest absolute Gasteiger partial charge is 0.0862 e. The Morgan fingerprint density at radius 1 is 1.33 bits per heavy atom. The van der Waals surface area contributed by atoms with E-state index >= 15 is 0 Å². The van der Waals surface area contributed by atoms with E-state index < -0.39 is 6.10 Å². The van der Waals surface area contributed by atoms with Gasteiger partial charge in [-0.25, -0.2) is 0 Å². The van der Waals surface area contributed by atoms with Crippen LogP contribution in [0.25, 0.3) is 0 Å². The number of piperazine rings is 1. The summed E-state index contributed by atoms with van der Waals surface area (Å²) < 4.78 is 1.82. The molecule has 0 aromatic carbocycles. The van der Waals surface area contributed by atoms with Gasteiger partial charge >= 0.3 is 0 Å². The average Bonchev–Trinajstić information content (AvgIpc) is 2.66. The predicted molar refractivity (Wildman–Crippen MR) is 85.3 cm³/mol. The molecular weight excluding hydrogens is 266 g/mol. The lowest BCUT2D eigenvalue weighted by Crippen LogP contribution is -2.53. The molecule has 0 amide bonds. The first-order valence-electron chi connectivity index (χ1n) is 7.86. The van der Waals surface area contributed by atoms with Crippen LogP contribution < -0.4 is 5.73 Å². The number of β-amino-alcohol motifs (C(OH)–C–C–N with tert-alkyl or cyclic N) is 1. The third kappa shape index (κ3) is 3.75. The Balaban J connectivity index is 1.87. The van der Waals surface area contributed by atoms with E-state index in [0.717, 1.165) is 43.3 Å². The number of nitrogen functional groups attached to an aromatic ring is 1. The number of aromatic nitrogens is 2. The van der Waals surface area contributed by atoms with Crippen LogP contribution in [0, 0.1) is 13.8 Å². The second-order valence-electron chi connectivity index (χ2n) is 6.16. The van der Waals surface area contributed by atoms with E-state index in [1.54, 1.807) is 0 Å². The zero-order chi connectivity index (χ0) is 15.6. The molecule has 6 heteroatoms. The first-order valence-corrected chi connectivity index (χ1v) is 7.86. The number of rotatable bonds is 5. The summed E-state index contributed by atoms with van der Waals surface area (Å²) in [5.41, 5.74) is 8.44. The van der Waals surface area contributed by atoms with Crippen LogP contribution in [0.3, 0.4) is 0 Å². The molecule has 0 aliphatic carbocycles. The van der Waals surface area contributed by atoms with E-state index in [2.05, 4.69) is 28.7 Å². The van der Waals surface area contributed by atoms with Crippen LogP contribution in [0.4, 0.5) is 5.69 Å². The van der Waals surface area contributed by atoms with Gasteiger partial charge in [-0.1, -0.05) is 6.92 Å². The van der Waals surface area contributed by atoms with E-state index in [0.29, 0.717) is 19.1 Å². The van der Waals surface area contributed by atoms with E-state index in [1.165, 1.54) is 0 Å². The van der Waals surface area contributed by atoms with Gasteiger partial charge in [-0.05, 0) is 27.3 Å². The van der Waals surface area contributed by atoms with Crippen molar-refractivity contribution in [3.8, 4) is 0 Å². The van der Waals surface area contributed by atoms with Crippen molar-refractivity contribution >= 4 is 5.69 Å². The number of aliphatic hydroxyl groups is 1. The van der Waals surface area contributed by atoms with E-state index in [-0.39, 0.29) is 0 Å². The number of anilines is 1. The highest BCUT2D eigenvalue weighted by molar-refractivity contribution is 5.46. The minimum absolute atomic E-state index is 0.414. The lowest BCUT2D eigenvalue weighted by molar-refractivity contribution is 0.0410. The highest BCUT2D eigenvalue weighted by atomic mass is 16.3. The highest BCUT2D eigenvalue weighted by Gasteiger charge is 2.24. The summed E-state index contributed by atoms with van der Waals surface area (Å²) in [5, 5.41) is 14.7. The molecule has 1 fully saturated rings. The summed E-state index contributed by atoms with van der Waals surface area (Å²) in [4.78, 5) is 4.82. The number of aryl methyl sites for hydroxylation is 1. The lowest BCUT2D eigenvalue weighted by Gasteiger charge is -2.40. The maximum absolute atomic E-state index is 10.3. The SMILES string of the molecule is CCN1CCN(CC(O)Cn2nc(C)c(N)c2C)CC1C. The largest absolute Gasteiger partial charge is 0.396 e. The van der Waals surface area contributed by atoms with Crippen LogP contribution in [0.1, 0.15) is 25.2 Å². The molecule has 0 saturated carbocycles.